The molecule has 2 heteroatoms. The summed E-state index contributed by atoms with van der Waals surface area (Å²) in [6, 6.07) is 70.1. The number of fused-ring (bicyclic) bond motifs is 4. The van der Waals surface area contributed by atoms with Gasteiger partial charge in [-0.25, -0.2) is 0 Å². The third kappa shape index (κ3) is 6.25. The van der Waals surface area contributed by atoms with Gasteiger partial charge in [-0.15, -0.1) is 0 Å². The molecular formula is C57H40N2. The van der Waals surface area contributed by atoms with Gasteiger partial charge in [-0.1, -0.05) is 158 Å². The van der Waals surface area contributed by atoms with E-state index in [0.29, 0.717) is 5.56 Å². The van der Waals surface area contributed by atoms with Crippen molar-refractivity contribution in [1.29, 1.82) is 5.26 Å². The predicted octanol–water partition coefficient (Wildman–Crippen LogP) is 15.6. The number of rotatable bonds is 6. The Balaban J connectivity index is 1.27. The third-order valence-electron chi connectivity index (χ3n) is 11.9. The number of nitriles is 1. The van der Waals surface area contributed by atoms with Crippen molar-refractivity contribution in [1.82, 2.24) is 0 Å². The summed E-state index contributed by atoms with van der Waals surface area (Å²) in [5.41, 5.74) is 15.1. The van der Waals surface area contributed by atoms with Crippen LogP contribution in [0.1, 0.15) is 29.2 Å². The molecule has 59 heavy (non-hydrogen) atoms. The van der Waals surface area contributed by atoms with Gasteiger partial charge in [-0.3, -0.25) is 4.99 Å². The Morgan fingerprint density at radius 2 is 0.966 bits per heavy atom. The summed E-state index contributed by atoms with van der Waals surface area (Å²) in [5.74, 6) is 0. The van der Waals surface area contributed by atoms with Gasteiger partial charge in [-0.2, -0.15) is 5.26 Å². The highest BCUT2D eigenvalue weighted by Gasteiger charge is 2.21. The minimum atomic E-state index is 0.652. The fourth-order valence-corrected chi connectivity index (χ4v) is 9.05. The molecule has 0 spiro atoms. The minimum Gasteiger partial charge on any atom is -0.253 e. The van der Waals surface area contributed by atoms with E-state index < -0.39 is 0 Å². The average molecular weight is 753 g/mol. The second-order valence-corrected chi connectivity index (χ2v) is 15.5. The quantitative estimate of drug-likeness (QED) is 0.123. The van der Waals surface area contributed by atoms with Crippen molar-refractivity contribution in [3.8, 4) is 50.6 Å². The van der Waals surface area contributed by atoms with Gasteiger partial charge in [0.05, 0.1) is 17.3 Å². The van der Waals surface area contributed by atoms with E-state index in [9.17, 15) is 5.26 Å². The highest BCUT2D eigenvalue weighted by molar-refractivity contribution is 6.25. The maximum Gasteiger partial charge on any atom is 0.0991 e. The molecule has 0 bridgehead atoms. The van der Waals surface area contributed by atoms with E-state index in [-0.39, 0.29) is 0 Å². The van der Waals surface area contributed by atoms with E-state index in [1.165, 1.54) is 65.3 Å². The Morgan fingerprint density at radius 3 is 1.61 bits per heavy atom. The Hall–Kier alpha value is -7.60. The first-order valence-corrected chi connectivity index (χ1v) is 20.2. The number of nitrogens with zero attached hydrogens (tertiary/aromatic N) is 2. The van der Waals surface area contributed by atoms with Crippen molar-refractivity contribution in [3.63, 3.8) is 0 Å². The largest absolute Gasteiger partial charge is 0.253 e. The smallest absolute Gasteiger partial charge is 0.0991 e. The fourth-order valence-electron chi connectivity index (χ4n) is 9.05. The van der Waals surface area contributed by atoms with Crippen LogP contribution >= 0.6 is 0 Å². The van der Waals surface area contributed by atoms with Gasteiger partial charge in [0.25, 0.3) is 0 Å². The molecular weight excluding hydrogens is 713 g/mol. The molecule has 0 atom stereocenters. The van der Waals surface area contributed by atoms with Crippen LogP contribution in [-0.4, -0.2) is 5.71 Å². The van der Waals surface area contributed by atoms with Crippen molar-refractivity contribution in [3.05, 3.63) is 210 Å². The van der Waals surface area contributed by atoms with Crippen LogP contribution in [0, 0.1) is 25.2 Å². The molecule has 0 aliphatic heterocycles. The number of aryl methyl sites for hydroxylation is 2. The molecule has 0 aliphatic rings. The number of benzene rings is 10. The van der Waals surface area contributed by atoms with Crippen LogP contribution < -0.4 is 0 Å². The molecule has 0 aromatic heterocycles. The molecule has 0 aliphatic carbocycles. The highest BCUT2D eigenvalue weighted by atomic mass is 14.7. The molecule has 10 aromatic rings. The second-order valence-electron chi connectivity index (χ2n) is 15.5. The van der Waals surface area contributed by atoms with Gasteiger partial charge >= 0.3 is 0 Å². The molecule has 0 saturated carbocycles. The van der Waals surface area contributed by atoms with Gasteiger partial charge < -0.3 is 0 Å². The van der Waals surface area contributed by atoms with Crippen molar-refractivity contribution in [2.75, 3.05) is 0 Å². The molecule has 0 unspecified atom stereocenters. The normalized spacial score (nSPS) is 11.7. The van der Waals surface area contributed by atoms with Gasteiger partial charge in [-0.05, 0) is 150 Å². The molecule has 0 N–H and O–H groups in total. The summed E-state index contributed by atoms with van der Waals surface area (Å²) < 4.78 is 0. The fraction of sp³-hybridized carbons (Fsp3) is 0.0526. The number of para-hydroxylation sites is 1. The van der Waals surface area contributed by atoms with E-state index in [1.54, 1.807) is 0 Å². The van der Waals surface area contributed by atoms with Crippen LogP contribution in [0.3, 0.4) is 0 Å². The van der Waals surface area contributed by atoms with Crippen LogP contribution in [0.4, 0.5) is 5.69 Å². The summed E-state index contributed by atoms with van der Waals surface area (Å²) in [7, 11) is 0. The Kier molecular flexibility index (Phi) is 8.93. The van der Waals surface area contributed by atoms with Crippen LogP contribution in [0.15, 0.2) is 193 Å². The summed E-state index contributed by atoms with van der Waals surface area (Å²) >= 11 is 0. The minimum absolute atomic E-state index is 0.652. The summed E-state index contributed by atoms with van der Waals surface area (Å²) in [4.78, 5) is 5.15. The molecule has 0 saturated heterocycles. The van der Waals surface area contributed by atoms with Crippen molar-refractivity contribution < 1.29 is 0 Å². The molecule has 0 heterocycles. The first kappa shape index (κ1) is 35.8. The maximum absolute atomic E-state index is 9.74. The zero-order chi connectivity index (χ0) is 40.0. The number of aliphatic imine (C=N–C) groups is 1. The Labute approximate surface area is 345 Å². The van der Waals surface area contributed by atoms with Gasteiger partial charge in [0.1, 0.15) is 0 Å². The van der Waals surface area contributed by atoms with E-state index >= 15 is 0 Å². The molecule has 0 radical (unpaired) electrons. The van der Waals surface area contributed by atoms with Crippen molar-refractivity contribution in [2.24, 2.45) is 4.99 Å². The topological polar surface area (TPSA) is 36.1 Å². The highest BCUT2D eigenvalue weighted by Crippen LogP contribution is 2.48. The average Bonchev–Trinajstić information content (AvgIpc) is 3.28. The zero-order valence-corrected chi connectivity index (χ0v) is 33.3. The summed E-state index contributed by atoms with van der Waals surface area (Å²) in [6.07, 6.45) is 0. The molecule has 10 aromatic carbocycles. The Morgan fingerprint density at radius 1 is 0.424 bits per heavy atom. The lowest BCUT2D eigenvalue weighted by Crippen LogP contribution is -2.00. The molecule has 0 fully saturated rings. The first-order valence-electron chi connectivity index (χ1n) is 20.2. The van der Waals surface area contributed by atoms with Crippen LogP contribution in [-0.2, 0) is 0 Å². The summed E-state index contributed by atoms with van der Waals surface area (Å²) in [5, 5.41) is 19.5. The lowest BCUT2D eigenvalue weighted by atomic mass is 9.82. The van der Waals surface area contributed by atoms with Gasteiger partial charge in [0.2, 0.25) is 0 Å². The van der Waals surface area contributed by atoms with E-state index in [0.717, 1.165) is 50.3 Å². The van der Waals surface area contributed by atoms with Crippen LogP contribution in [0.2, 0.25) is 0 Å². The zero-order valence-electron chi connectivity index (χ0n) is 33.3. The number of hydrogen-bond donors (Lipinski definition) is 0. The molecule has 10 rings (SSSR count). The SMILES string of the molecule is CC(=Nc1ccccc1C)c1ccc(-c2ccc3c(-c4cccc5ccccc45)c4ccccc4c(-c4cccc5ccccc45)c3c2)cc1-c1ccc(C#N)cc1C. The van der Waals surface area contributed by atoms with Crippen LogP contribution in [0.5, 0.6) is 0 Å². The molecule has 0 amide bonds. The van der Waals surface area contributed by atoms with Crippen molar-refractivity contribution >= 4 is 54.5 Å². The third-order valence-corrected chi connectivity index (χ3v) is 11.9. The summed E-state index contributed by atoms with van der Waals surface area (Å²) in [6.45, 7) is 6.28. The maximum atomic E-state index is 9.74. The number of hydrogen-bond acceptors (Lipinski definition) is 2. The van der Waals surface area contributed by atoms with Crippen molar-refractivity contribution in [2.45, 2.75) is 20.8 Å². The monoisotopic (exact) mass is 752 g/mol. The first-order chi connectivity index (χ1) is 29.0. The van der Waals surface area contributed by atoms with E-state index in [2.05, 4.69) is 191 Å². The van der Waals surface area contributed by atoms with E-state index in [1.807, 2.05) is 24.3 Å². The Bertz CT molecular complexity index is 3370. The lowest BCUT2D eigenvalue weighted by Gasteiger charge is -2.21. The lowest BCUT2D eigenvalue weighted by molar-refractivity contribution is 1.38. The van der Waals surface area contributed by atoms with Gasteiger partial charge in [0.15, 0.2) is 0 Å². The van der Waals surface area contributed by atoms with Crippen LogP contribution in [0.25, 0.3) is 87.6 Å². The standard InChI is InChI=1S/C57H40N2/c1-36-14-4-11-25-55(36)59-38(3)45-30-27-42(33-53(45)44-29-26-39(35-58)32-37(44)2)43-28-31-52-54(34-43)57(49-24-13-18-41-16-6-8-20-47(41)49)51-22-10-9-21-50(51)56(52)48-23-12-17-40-15-5-7-19-46(40)48/h4-34H,1-3H3. The molecule has 278 valence electrons. The van der Waals surface area contributed by atoms with Gasteiger partial charge in [0, 0.05) is 11.3 Å². The predicted molar refractivity (Wildman–Crippen MR) is 251 cm³/mol. The van der Waals surface area contributed by atoms with E-state index in [4.69, 9.17) is 4.99 Å². The second kappa shape index (κ2) is 14.7. The molecule has 2 nitrogen and oxygen atoms in total.